The quantitative estimate of drug-likeness (QED) is 0.406. The molecule has 3 aromatic rings. The van der Waals surface area contributed by atoms with Crippen molar-refractivity contribution in [2.45, 2.75) is 31.5 Å². The Balaban J connectivity index is 1.36. The molecule has 3 heterocycles. The van der Waals surface area contributed by atoms with Crippen LogP contribution in [0.25, 0.3) is 0 Å². The number of likely N-dealkylation sites (tertiary alicyclic amines) is 1. The number of carbonyl (C=O) groups excluding carboxylic acids is 4. The van der Waals surface area contributed by atoms with E-state index in [1.807, 2.05) is 97.4 Å². The molecule has 0 unspecified atom stereocenters. The van der Waals surface area contributed by atoms with E-state index in [0.29, 0.717) is 23.4 Å². The molecule has 9 heteroatoms. The van der Waals surface area contributed by atoms with Crippen LogP contribution in [0.15, 0.2) is 78.9 Å². The summed E-state index contributed by atoms with van der Waals surface area (Å²) in [6.07, 6.45) is 2.70. The Labute approximate surface area is 243 Å². The van der Waals surface area contributed by atoms with Crippen LogP contribution in [0.2, 0.25) is 0 Å². The first-order chi connectivity index (χ1) is 19.8. The highest BCUT2D eigenvalue weighted by Gasteiger charge is 2.75. The molecule has 2 saturated heterocycles. The molecule has 8 nitrogen and oxygen atoms in total. The van der Waals surface area contributed by atoms with Gasteiger partial charge in [0.15, 0.2) is 0 Å². The highest BCUT2D eigenvalue weighted by Crippen LogP contribution is 2.51. The summed E-state index contributed by atoms with van der Waals surface area (Å²) < 4.78 is 0. The number of para-hydroxylation sites is 1. The van der Waals surface area contributed by atoms with Crippen LogP contribution < -0.4 is 15.5 Å². The summed E-state index contributed by atoms with van der Waals surface area (Å²) in [4.78, 5) is 58.6. The molecule has 41 heavy (non-hydrogen) atoms. The maximum absolute atomic E-state index is 14.5. The lowest BCUT2D eigenvalue weighted by Crippen LogP contribution is -2.99. The third-order valence-electron chi connectivity index (χ3n) is 8.59. The van der Waals surface area contributed by atoms with E-state index in [4.69, 9.17) is 0 Å². The minimum atomic E-state index is -1.30. The molecule has 210 valence electrons. The number of rotatable bonds is 8. The van der Waals surface area contributed by atoms with Crippen molar-refractivity contribution in [3.63, 3.8) is 0 Å². The number of thioether (sulfide) groups is 1. The monoisotopic (exact) mass is 569 g/mol. The van der Waals surface area contributed by atoms with Gasteiger partial charge in [0, 0.05) is 17.7 Å². The van der Waals surface area contributed by atoms with Crippen LogP contribution >= 0.6 is 11.8 Å². The molecule has 0 aliphatic carbocycles. The zero-order valence-corrected chi connectivity index (χ0v) is 23.9. The van der Waals surface area contributed by atoms with Crippen molar-refractivity contribution in [3.05, 3.63) is 95.6 Å². The van der Waals surface area contributed by atoms with Gasteiger partial charge in [-0.1, -0.05) is 66.2 Å². The van der Waals surface area contributed by atoms with E-state index in [1.165, 1.54) is 9.80 Å². The average Bonchev–Trinajstić information content (AvgIpc) is 3.53. The van der Waals surface area contributed by atoms with E-state index < -0.39 is 17.4 Å². The molecule has 0 aromatic heterocycles. The molecule has 4 atom stereocenters. The first kappa shape index (κ1) is 27.2. The first-order valence-electron chi connectivity index (χ1n) is 13.9. The minimum absolute atomic E-state index is 0.176. The van der Waals surface area contributed by atoms with Crippen molar-refractivity contribution in [1.82, 2.24) is 4.90 Å². The molecule has 0 bridgehead atoms. The Hall–Kier alpha value is -3.95. The third-order valence-corrected chi connectivity index (χ3v) is 9.23. The van der Waals surface area contributed by atoms with Gasteiger partial charge >= 0.3 is 0 Å². The number of nitrogens with zero attached hydrogens (tertiary/aromatic N) is 2. The van der Waals surface area contributed by atoms with Crippen molar-refractivity contribution in [1.29, 1.82) is 0 Å². The van der Waals surface area contributed by atoms with Gasteiger partial charge in [-0.2, -0.15) is 11.8 Å². The summed E-state index contributed by atoms with van der Waals surface area (Å²) in [5.41, 5.74) is 2.59. The van der Waals surface area contributed by atoms with Crippen LogP contribution in [0.5, 0.6) is 0 Å². The second-order valence-corrected chi connectivity index (χ2v) is 12.0. The average molecular weight is 570 g/mol. The van der Waals surface area contributed by atoms with Gasteiger partial charge in [-0.05, 0) is 42.7 Å². The number of fused-ring (bicyclic) bond motifs is 4. The van der Waals surface area contributed by atoms with Crippen LogP contribution in [-0.4, -0.2) is 53.1 Å². The summed E-state index contributed by atoms with van der Waals surface area (Å²) in [6, 6.07) is 24.1. The molecule has 2 fully saturated rings. The van der Waals surface area contributed by atoms with Gasteiger partial charge in [0.05, 0.1) is 12.2 Å². The Morgan fingerprint density at radius 1 is 0.927 bits per heavy atom. The van der Waals surface area contributed by atoms with Crippen molar-refractivity contribution in [3.8, 4) is 0 Å². The minimum Gasteiger partial charge on any atom is -0.326 e. The molecule has 4 amide bonds. The number of hydrogen-bond donors (Lipinski definition) is 2. The van der Waals surface area contributed by atoms with Crippen LogP contribution in [0, 0.1) is 18.8 Å². The molecule has 3 aliphatic heterocycles. The lowest BCUT2D eigenvalue weighted by Gasteiger charge is -2.27. The maximum Gasteiger partial charge on any atom is 0.294 e. The molecule has 0 radical (unpaired) electrons. The topological polar surface area (TPSA) is 103 Å². The van der Waals surface area contributed by atoms with Crippen molar-refractivity contribution >= 4 is 46.8 Å². The Kier molecular flexibility index (Phi) is 7.17. The molecule has 3 N–H and O–H groups in total. The molecule has 3 aromatic carbocycles. The van der Waals surface area contributed by atoms with Gasteiger partial charge < -0.3 is 10.6 Å². The number of nitrogens with two attached hydrogens (primary N) is 1. The fraction of sp³-hybridized carbons (Fsp3) is 0.312. The van der Waals surface area contributed by atoms with Crippen LogP contribution in [0.1, 0.15) is 23.1 Å². The van der Waals surface area contributed by atoms with Gasteiger partial charge in [0.1, 0.15) is 24.4 Å². The zero-order valence-electron chi connectivity index (χ0n) is 23.1. The first-order valence-corrected chi connectivity index (χ1v) is 15.3. The van der Waals surface area contributed by atoms with Gasteiger partial charge in [-0.25, -0.2) is 0 Å². The number of benzene rings is 3. The summed E-state index contributed by atoms with van der Waals surface area (Å²) >= 11 is 1.68. The second-order valence-electron chi connectivity index (χ2n) is 11.1. The van der Waals surface area contributed by atoms with E-state index in [0.717, 1.165) is 16.9 Å². The smallest absolute Gasteiger partial charge is 0.294 e. The van der Waals surface area contributed by atoms with Crippen molar-refractivity contribution < 1.29 is 24.5 Å². The van der Waals surface area contributed by atoms with E-state index in [2.05, 4.69) is 5.32 Å². The van der Waals surface area contributed by atoms with E-state index in [-0.39, 0.29) is 42.8 Å². The number of anilines is 2. The van der Waals surface area contributed by atoms with Crippen molar-refractivity contribution in [2.24, 2.45) is 11.8 Å². The Morgan fingerprint density at radius 2 is 1.63 bits per heavy atom. The molecular weight excluding hydrogens is 536 g/mol. The SMILES string of the molecule is CSCC[C@@H]1[NH2+][C@@]2(C(=O)N(CC(=O)Nc3ccc(C)cc3)c3ccccc32)[C@@H]2C(=O)N(Cc3ccccc3)C(=O)[C@H]12. The van der Waals surface area contributed by atoms with E-state index >= 15 is 0 Å². The fourth-order valence-corrected chi connectivity index (χ4v) is 7.26. The number of amides is 4. The van der Waals surface area contributed by atoms with Gasteiger partial charge in [0.2, 0.25) is 23.3 Å². The lowest BCUT2D eigenvalue weighted by atomic mass is 9.76. The maximum atomic E-state index is 14.5. The normalized spacial score (nSPS) is 24.7. The van der Waals surface area contributed by atoms with Gasteiger partial charge in [0.25, 0.3) is 5.91 Å². The number of aryl methyl sites for hydroxylation is 1. The second kappa shape index (κ2) is 10.8. The lowest BCUT2D eigenvalue weighted by molar-refractivity contribution is -0.733. The predicted molar refractivity (Wildman–Crippen MR) is 158 cm³/mol. The molecule has 6 rings (SSSR count). The van der Waals surface area contributed by atoms with Gasteiger partial charge in [-0.15, -0.1) is 0 Å². The van der Waals surface area contributed by atoms with Gasteiger partial charge in [-0.3, -0.25) is 29.0 Å². The summed E-state index contributed by atoms with van der Waals surface area (Å²) in [7, 11) is 0. The van der Waals surface area contributed by atoms with E-state index in [1.54, 1.807) is 11.8 Å². The highest BCUT2D eigenvalue weighted by atomic mass is 32.2. The van der Waals surface area contributed by atoms with Crippen LogP contribution in [0.3, 0.4) is 0 Å². The third kappa shape index (κ3) is 4.53. The molecular formula is C32H33N4O4S+. The standard InChI is InChI=1S/C32H32N4O4S/c1-20-12-14-22(15-13-20)33-26(37)19-35-25-11-7-6-10-23(25)32(31(35)40)28-27(24(34-32)16-17-41-2)29(38)36(30(28)39)18-21-8-4-3-5-9-21/h3-15,24,27-28,34H,16-19H2,1-2H3,(H,33,37)/p+1/t24-,27+,28-,32+/m0/s1. The molecule has 1 spiro atoms. The summed E-state index contributed by atoms with van der Waals surface area (Å²) in [5.74, 6) is -1.84. The number of nitrogens with one attached hydrogen (secondary N) is 1. The number of hydrogen-bond acceptors (Lipinski definition) is 5. The highest BCUT2D eigenvalue weighted by molar-refractivity contribution is 7.98. The zero-order chi connectivity index (χ0) is 28.7. The molecule has 3 aliphatic rings. The van der Waals surface area contributed by atoms with Crippen molar-refractivity contribution in [2.75, 3.05) is 28.8 Å². The predicted octanol–water partition coefficient (Wildman–Crippen LogP) is 2.68. The van der Waals surface area contributed by atoms with Crippen LogP contribution in [-0.2, 0) is 31.3 Å². The Bertz CT molecular complexity index is 1510. The van der Waals surface area contributed by atoms with E-state index in [9.17, 15) is 19.2 Å². The largest absolute Gasteiger partial charge is 0.326 e. The Morgan fingerprint density at radius 3 is 2.37 bits per heavy atom. The van der Waals surface area contributed by atoms with Crippen LogP contribution in [0.4, 0.5) is 11.4 Å². The number of quaternary nitrogens is 1. The summed E-state index contributed by atoms with van der Waals surface area (Å²) in [5, 5.41) is 4.85. The number of carbonyl (C=O) groups is 4. The summed E-state index contributed by atoms with van der Waals surface area (Å²) in [6.45, 7) is 1.95. The fourth-order valence-electron chi connectivity index (χ4n) is 6.75. The number of imide groups is 1. The molecule has 0 saturated carbocycles.